The Hall–Kier alpha value is -2.44. The number of carbonyl (C=O) groups is 2. The first kappa shape index (κ1) is 23.6. The summed E-state index contributed by atoms with van der Waals surface area (Å²) in [7, 11) is 0. The summed E-state index contributed by atoms with van der Waals surface area (Å²) >= 11 is 0. The van der Waals surface area contributed by atoms with Crippen LogP contribution in [-0.2, 0) is 16.0 Å². The smallest absolute Gasteiger partial charge is 0.242 e. The van der Waals surface area contributed by atoms with Crippen LogP contribution in [0.25, 0.3) is 0 Å². The van der Waals surface area contributed by atoms with Crippen molar-refractivity contribution in [3.05, 3.63) is 60.2 Å². The molecule has 1 heterocycles. The van der Waals surface area contributed by atoms with E-state index < -0.39 is 0 Å². The molecular formula is C20H26Cl2N4O2. The van der Waals surface area contributed by atoms with E-state index in [0.717, 1.165) is 18.7 Å². The molecule has 1 aliphatic rings. The fourth-order valence-corrected chi connectivity index (χ4v) is 3.02. The normalized spacial score (nSPS) is 13.1. The third-order valence-corrected chi connectivity index (χ3v) is 4.53. The molecule has 2 aromatic rings. The summed E-state index contributed by atoms with van der Waals surface area (Å²) in [5.74, 6) is -0.200. The monoisotopic (exact) mass is 424 g/mol. The first-order valence-corrected chi connectivity index (χ1v) is 8.81. The highest BCUT2D eigenvalue weighted by Crippen LogP contribution is 2.15. The minimum Gasteiger partial charge on any atom is -0.399 e. The lowest BCUT2D eigenvalue weighted by molar-refractivity contribution is -0.133. The van der Waals surface area contributed by atoms with Crippen molar-refractivity contribution in [1.29, 1.82) is 0 Å². The van der Waals surface area contributed by atoms with Crippen molar-refractivity contribution in [2.24, 2.45) is 0 Å². The quantitative estimate of drug-likeness (QED) is 0.720. The Bertz CT molecular complexity index is 749. The van der Waals surface area contributed by atoms with Gasteiger partial charge in [-0.3, -0.25) is 9.59 Å². The Morgan fingerprint density at radius 1 is 0.893 bits per heavy atom. The molecule has 0 spiro atoms. The van der Waals surface area contributed by atoms with Crippen LogP contribution in [0.5, 0.6) is 0 Å². The predicted octanol–water partition coefficient (Wildman–Crippen LogP) is 2.12. The maximum Gasteiger partial charge on any atom is 0.242 e. The largest absolute Gasteiger partial charge is 0.399 e. The van der Waals surface area contributed by atoms with Crippen molar-refractivity contribution in [2.75, 3.05) is 43.4 Å². The van der Waals surface area contributed by atoms with Crippen molar-refractivity contribution >= 4 is 48.0 Å². The summed E-state index contributed by atoms with van der Waals surface area (Å²) in [6.07, 6.45) is 0.245. The molecular weight excluding hydrogens is 399 g/mol. The lowest BCUT2D eigenvalue weighted by Crippen LogP contribution is -2.51. The average Bonchev–Trinajstić information content (AvgIpc) is 2.69. The number of anilines is 2. The number of amides is 2. The maximum atomic E-state index is 12.3. The minimum absolute atomic E-state index is 0. The molecule has 0 unspecified atom stereocenters. The third kappa shape index (κ3) is 6.62. The number of piperazine rings is 1. The highest BCUT2D eigenvalue weighted by molar-refractivity contribution is 5.86. The van der Waals surface area contributed by atoms with Crippen LogP contribution in [0.1, 0.15) is 5.56 Å². The van der Waals surface area contributed by atoms with Crippen molar-refractivity contribution in [3.8, 4) is 0 Å². The molecule has 28 heavy (non-hydrogen) atoms. The van der Waals surface area contributed by atoms with E-state index in [4.69, 9.17) is 5.73 Å². The zero-order valence-corrected chi connectivity index (χ0v) is 17.2. The number of halogens is 2. The van der Waals surface area contributed by atoms with Gasteiger partial charge in [-0.2, -0.15) is 0 Å². The molecule has 152 valence electrons. The molecule has 3 N–H and O–H groups in total. The molecule has 1 fully saturated rings. The molecule has 8 heteroatoms. The van der Waals surface area contributed by atoms with Crippen LogP contribution < -0.4 is 16.0 Å². The molecule has 3 rings (SSSR count). The second-order valence-corrected chi connectivity index (χ2v) is 6.40. The third-order valence-electron chi connectivity index (χ3n) is 4.53. The number of nitrogens with one attached hydrogen (secondary N) is 1. The number of para-hydroxylation sites is 1. The van der Waals surface area contributed by atoms with E-state index in [-0.39, 0.29) is 49.6 Å². The summed E-state index contributed by atoms with van der Waals surface area (Å²) in [6, 6.07) is 17.4. The average molecular weight is 425 g/mol. The molecule has 0 radical (unpaired) electrons. The van der Waals surface area contributed by atoms with Gasteiger partial charge in [0.2, 0.25) is 11.8 Å². The van der Waals surface area contributed by atoms with Crippen molar-refractivity contribution in [3.63, 3.8) is 0 Å². The van der Waals surface area contributed by atoms with Gasteiger partial charge in [0.15, 0.2) is 0 Å². The molecule has 1 saturated heterocycles. The summed E-state index contributed by atoms with van der Waals surface area (Å²) < 4.78 is 0. The first-order chi connectivity index (χ1) is 12.6. The van der Waals surface area contributed by atoms with Crippen LogP contribution in [0.15, 0.2) is 54.6 Å². The van der Waals surface area contributed by atoms with Gasteiger partial charge in [-0.1, -0.05) is 30.3 Å². The highest BCUT2D eigenvalue weighted by atomic mass is 35.5. The molecule has 0 aliphatic carbocycles. The summed E-state index contributed by atoms with van der Waals surface area (Å²) in [5.41, 5.74) is 8.35. The van der Waals surface area contributed by atoms with Gasteiger partial charge in [-0.15, -0.1) is 24.8 Å². The topological polar surface area (TPSA) is 78.7 Å². The Kier molecular flexibility index (Phi) is 9.62. The molecule has 1 aliphatic heterocycles. The van der Waals surface area contributed by atoms with Crippen molar-refractivity contribution < 1.29 is 9.59 Å². The van der Waals surface area contributed by atoms with Gasteiger partial charge in [-0.25, -0.2) is 0 Å². The lowest BCUT2D eigenvalue weighted by Gasteiger charge is -2.36. The maximum absolute atomic E-state index is 12.3. The van der Waals surface area contributed by atoms with Gasteiger partial charge >= 0.3 is 0 Å². The van der Waals surface area contributed by atoms with E-state index in [0.29, 0.717) is 18.8 Å². The molecule has 0 bridgehead atoms. The Morgan fingerprint density at radius 3 is 2.11 bits per heavy atom. The number of hydrogen-bond acceptors (Lipinski definition) is 4. The molecule has 2 aromatic carbocycles. The highest BCUT2D eigenvalue weighted by Gasteiger charge is 2.21. The Morgan fingerprint density at radius 2 is 1.50 bits per heavy atom. The number of nitrogen functional groups attached to an aromatic ring is 1. The number of benzene rings is 2. The second kappa shape index (κ2) is 11.4. The van der Waals surface area contributed by atoms with Gasteiger partial charge in [0.05, 0.1) is 13.0 Å². The first-order valence-electron chi connectivity index (χ1n) is 8.81. The number of hydrogen-bond donors (Lipinski definition) is 2. The molecule has 0 aromatic heterocycles. The number of carbonyl (C=O) groups excluding carboxylic acids is 2. The molecule has 2 amide bonds. The fourth-order valence-electron chi connectivity index (χ4n) is 3.02. The minimum atomic E-state index is -0.161. The van der Waals surface area contributed by atoms with E-state index in [1.165, 1.54) is 5.69 Å². The van der Waals surface area contributed by atoms with Crippen LogP contribution >= 0.6 is 24.8 Å². The molecule has 0 saturated carbocycles. The standard InChI is InChI=1S/C20H24N4O2.2ClH/c21-17-8-6-16(7-9-17)14-19(25)22-15-20(26)24-12-10-23(11-13-24)18-4-2-1-3-5-18;;/h1-9H,10-15,21H2,(H,22,25);2*1H. The van der Waals surface area contributed by atoms with Gasteiger partial charge in [0.1, 0.15) is 0 Å². The summed E-state index contributed by atoms with van der Waals surface area (Å²) in [6.45, 7) is 2.98. The molecule has 6 nitrogen and oxygen atoms in total. The van der Waals surface area contributed by atoms with Gasteiger partial charge in [0.25, 0.3) is 0 Å². The van der Waals surface area contributed by atoms with Crippen LogP contribution in [0.4, 0.5) is 11.4 Å². The van der Waals surface area contributed by atoms with Crippen LogP contribution in [0.2, 0.25) is 0 Å². The molecule has 0 atom stereocenters. The zero-order chi connectivity index (χ0) is 18.4. The SMILES string of the molecule is Cl.Cl.Nc1ccc(CC(=O)NCC(=O)N2CCN(c3ccccc3)CC2)cc1. The zero-order valence-electron chi connectivity index (χ0n) is 15.5. The van der Waals surface area contributed by atoms with Crippen molar-refractivity contribution in [2.45, 2.75) is 6.42 Å². The Balaban J connectivity index is 0.00000196. The summed E-state index contributed by atoms with van der Waals surface area (Å²) in [5, 5.41) is 2.71. The van der Waals surface area contributed by atoms with Crippen LogP contribution in [-0.4, -0.2) is 49.4 Å². The summed E-state index contributed by atoms with van der Waals surface area (Å²) in [4.78, 5) is 28.4. The van der Waals surface area contributed by atoms with Gasteiger partial charge in [0, 0.05) is 37.6 Å². The Labute approximate surface area is 177 Å². The van der Waals surface area contributed by atoms with E-state index >= 15 is 0 Å². The number of nitrogens with zero attached hydrogens (tertiary/aromatic N) is 2. The van der Waals surface area contributed by atoms with Gasteiger partial charge in [-0.05, 0) is 29.8 Å². The van der Waals surface area contributed by atoms with Gasteiger partial charge < -0.3 is 20.9 Å². The van der Waals surface area contributed by atoms with E-state index in [9.17, 15) is 9.59 Å². The second-order valence-electron chi connectivity index (χ2n) is 6.40. The van der Waals surface area contributed by atoms with Crippen LogP contribution in [0, 0.1) is 0 Å². The number of rotatable bonds is 5. The lowest BCUT2D eigenvalue weighted by atomic mass is 10.1. The van der Waals surface area contributed by atoms with Crippen LogP contribution in [0.3, 0.4) is 0 Å². The van der Waals surface area contributed by atoms with E-state index in [1.807, 2.05) is 35.2 Å². The number of nitrogens with two attached hydrogens (primary N) is 1. The van der Waals surface area contributed by atoms with E-state index in [2.05, 4.69) is 22.3 Å². The van der Waals surface area contributed by atoms with Crippen molar-refractivity contribution in [1.82, 2.24) is 10.2 Å². The van der Waals surface area contributed by atoms with E-state index in [1.54, 1.807) is 12.1 Å². The fraction of sp³-hybridized carbons (Fsp3) is 0.300. The predicted molar refractivity (Wildman–Crippen MR) is 117 cm³/mol.